The van der Waals surface area contributed by atoms with Crippen LogP contribution >= 0.6 is 0 Å². The molecule has 2 saturated heterocycles. The predicted molar refractivity (Wildman–Crippen MR) is 66.5 cm³/mol. The van der Waals surface area contributed by atoms with Gasteiger partial charge in [0.05, 0.1) is 6.61 Å². The maximum Gasteiger partial charge on any atom is 0.118 e. The highest BCUT2D eigenvalue weighted by molar-refractivity contribution is 4.95. The van der Waals surface area contributed by atoms with Gasteiger partial charge in [0, 0.05) is 18.0 Å². The highest BCUT2D eigenvalue weighted by atomic mass is 16.5. The molecule has 2 aliphatic rings. The summed E-state index contributed by atoms with van der Waals surface area (Å²) < 4.78 is 5.97. The average molecular weight is 226 g/mol. The Morgan fingerprint density at radius 1 is 1.31 bits per heavy atom. The van der Waals surface area contributed by atoms with Gasteiger partial charge >= 0.3 is 0 Å². The van der Waals surface area contributed by atoms with Gasteiger partial charge in [-0.15, -0.1) is 0 Å². The van der Waals surface area contributed by atoms with Crippen LogP contribution in [0.1, 0.15) is 46.5 Å². The van der Waals surface area contributed by atoms with E-state index in [-0.39, 0.29) is 11.3 Å². The van der Waals surface area contributed by atoms with Crippen molar-refractivity contribution in [2.45, 2.75) is 63.8 Å². The van der Waals surface area contributed by atoms with Crippen LogP contribution in [0.15, 0.2) is 0 Å². The third kappa shape index (κ3) is 2.76. The molecule has 0 aliphatic carbocycles. The Balaban J connectivity index is 1.93. The van der Waals surface area contributed by atoms with E-state index >= 15 is 0 Å². The first-order valence-corrected chi connectivity index (χ1v) is 6.54. The van der Waals surface area contributed by atoms with Crippen molar-refractivity contribution in [3.63, 3.8) is 0 Å². The van der Waals surface area contributed by atoms with Crippen molar-refractivity contribution in [1.82, 2.24) is 10.2 Å². The second-order valence-corrected chi connectivity index (χ2v) is 6.36. The van der Waals surface area contributed by atoms with Crippen molar-refractivity contribution in [2.75, 3.05) is 20.2 Å². The maximum atomic E-state index is 5.97. The number of piperidine rings is 1. The van der Waals surface area contributed by atoms with Gasteiger partial charge in [0.2, 0.25) is 0 Å². The fourth-order valence-electron chi connectivity index (χ4n) is 3.09. The van der Waals surface area contributed by atoms with E-state index < -0.39 is 0 Å². The molecule has 0 bridgehead atoms. The SMILES string of the molecule is CN1CCCCC1CC1(C)NC(C)(C)CO1. The molecule has 2 aliphatic heterocycles. The van der Waals surface area contributed by atoms with E-state index in [1.807, 2.05) is 0 Å². The van der Waals surface area contributed by atoms with Crippen LogP contribution in [-0.4, -0.2) is 42.4 Å². The van der Waals surface area contributed by atoms with Gasteiger partial charge in [-0.25, -0.2) is 0 Å². The predicted octanol–water partition coefficient (Wildman–Crippen LogP) is 1.98. The smallest absolute Gasteiger partial charge is 0.118 e. The number of rotatable bonds is 2. The largest absolute Gasteiger partial charge is 0.359 e. The monoisotopic (exact) mass is 226 g/mol. The van der Waals surface area contributed by atoms with Crippen LogP contribution < -0.4 is 5.32 Å². The Bertz CT molecular complexity index is 254. The number of nitrogens with zero attached hydrogens (tertiary/aromatic N) is 1. The Hall–Kier alpha value is -0.120. The van der Waals surface area contributed by atoms with Crippen LogP contribution in [0.4, 0.5) is 0 Å². The number of likely N-dealkylation sites (tertiary alicyclic amines) is 1. The van der Waals surface area contributed by atoms with Gasteiger partial charge in [-0.05, 0) is 47.2 Å². The highest BCUT2D eigenvalue weighted by Crippen LogP contribution is 2.30. The molecule has 1 N–H and O–H groups in total. The lowest BCUT2D eigenvalue weighted by molar-refractivity contribution is -0.0251. The molecule has 0 aromatic carbocycles. The molecule has 0 radical (unpaired) electrons. The summed E-state index contributed by atoms with van der Waals surface area (Å²) in [5.74, 6) is 0. The Morgan fingerprint density at radius 3 is 2.62 bits per heavy atom. The summed E-state index contributed by atoms with van der Waals surface area (Å²) in [6.45, 7) is 8.68. The molecular weight excluding hydrogens is 200 g/mol. The number of hydrogen-bond donors (Lipinski definition) is 1. The molecule has 2 fully saturated rings. The minimum atomic E-state index is -0.125. The fourth-order valence-corrected chi connectivity index (χ4v) is 3.09. The molecule has 16 heavy (non-hydrogen) atoms. The number of hydrogen-bond acceptors (Lipinski definition) is 3. The zero-order chi connectivity index (χ0) is 11.8. The molecule has 0 amide bonds. The second kappa shape index (κ2) is 4.28. The van der Waals surface area contributed by atoms with E-state index in [1.54, 1.807) is 0 Å². The molecule has 2 rings (SSSR count). The number of nitrogens with one attached hydrogen (secondary N) is 1. The minimum Gasteiger partial charge on any atom is -0.359 e. The van der Waals surface area contributed by atoms with Crippen LogP contribution in [0.2, 0.25) is 0 Å². The Morgan fingerprint density at radius 2 is 2.06 bits per heavy atom. The lowest BCUT2D eigenvalue weighted by atomic mass is 9.94. The van der Waals surface area contributed by atoms with Gasteiger partial charge in [0.25, 0.3) is 0 Å². The lowest BCUT2D eigenvalue weighted by Gasteiger charge is -2.38. The van der Waals surface area contributed by atoms with E-state index in [0.717, 1.165) is 13.0 Å². The van der Waals surface area contributed by atoms with E-state index in [4.69, 9.17) is 4.74 Å². The van der Waals surface area contributed by atoms with Crippen molar-refractivity contribution < 1.29 is 4.74 Å². The summed E-state index contributed by atoms with van der Waals surface area (Å²) in [4.78, 5) is 2.49. The normalized spacial score (nSPS) is 40.1. The first-order valence-electron chi connectivity index (χ1n) is 6.54. The van der Waals surface area contributed by atoms with Crippen molar-refractivity contribution in [3.05, 3.63) is 0 Å². The molecule has 2 atom stereocenters. The molecule has 0 aromatic rings. The summed E-state index contributed by atoms with van der Waals surface area (Å²) >= 11 is 0. The van der Waals surface area contributed by atoms with E-state index in [1.165, 1.54) is 25.8 Å². The topological polar surface area (TPSA) is 24.5 Å². The number of ether oxygens (including phenoxy) is 1. The molecular formula is C13H26N2O. The lowest BCUT2D eigenvalue weighted by Crippen LogP contribution is -2.51. The van der Waals surface area contributed by atoms with Crippen LogP contribution in [0.25, 0.3) is 0 Å². The van der Waals surface area contributed by atoms with E-state index in [2.05, 4.69) is 38.0 Å². The van der Waals surface area contributed by atoms with Gasteiger partial charge in [0.1, 0.15) is 5.72 Å². The minimum absolute atomic E-state index is 0.125. The van der Waals surface area contributed by atoms with Gasteiger partial charge in [-0.3, -0.25) is 5.32 Å². The van der Waals surface area contributed by atoms with Gasteiger partial charge in [-0.1, -0.05) is 6.42 Å². The standard InChI is InChI=1S/C13H26N2O/c1-12(2)10-16-13(3,14-12)9-11-7-5-6-8-15(11)4/h11,14H,5-10H2,1-4H3. The first-order chi connectivity index (χ1) is 7.40. The summed E-state index contributed by atoms with van der Waals surface area (Å²) in [5.41, 5.74) is 0.00174. The van der Waals surface area contributed by atoms with Crippen molar-refractivity contribution >= 4 is 0 Å². The summed E-state index contributed by atoms with van der Waals surface area (Å²) in [6.07, 6.45) is 5.14. The third-order valence-electron chi connectivity index (χ3n) is 3.90. The molecule has 2 unspecified atom stereocenters. The van der Waals surface area contributed by atoms with Crippen LogP contribution in [0.3, 0.4) is 0 Å². The van der Waals surface area contributed by atoms with Crippen LogP contribution in [-0.2, 0) is 4.74 Å². The van der Waals surface area contributed by atoms with Gasteiger partial charge in [0.15, 0.2) is 0 Å². The molecule has 3 heteroatoms. The van der Waals surface area contributed by atoms with Crippen molar-refractivity contribution in [3.8, 4) is 0 Å². The third-order valence-corrected chi connectivity index (χ3v) is 3.90. The molecule has 94 valence electrons. The van der Waals surface area contributed by atoms with Crippen LogP contribution in [0.5, 0.6) is 0 Å². The molecule has 0 aromatic heterocycles. The first kappa shape index (κ1) is 12.3. The van der Waals surface area contributed by atoms with Gasteiger partial charge < -0.3 is 9.64 Å². The van der Waals surface area contributed by atoms with E-state index in [9.17, 15) is 0 Å². The van der Waals surface area contributed by atoms with Gasteiger partial charge in [-0.2, -0.15) is 0 Å². The second-order valence-electron chi connectivity index (χ2n) is 6.36. The van der Waals surface area contributed by atoms with Crippen LogP contribution in [0, 0.1) is 0 Å². The average Bonchev–Trinajstić information content (AvgIpc) is 2.45. The summed E-state index contributed by atoms with van der Waals surface area (Å²) in [7, 11) is 2.24. The summed E-state index contributed by atoms with van der Waals surface area (Å²) in [6, 6.07) is 0.681. The molecule has 0 saturated carbocycles. The fraction of sp³-hybridized carbons (Fsp3) is 1.00. The van der Waals surface area contributed by atoms with Crippen molar-refractivity contribution in [1.29, 1.82) is 0 Å². The zero-order valence-electron chi connectivity index (χ0n) is 11.2. The molecule has 3 nitrogen and oxygen atoms in total. The van der Waals surface area contributed by atoms with E-state index in [0.29, 0.717) is 6.04 Å². The molecule has 0 spiro atoms. The summed E-state index contributed by atoms with van der Waals surface area (Å²) in [5, 5.41) is 3.63. The van der Waals surface area contributed by atoms with Crippen molar-refractivity contribution in [2.24, 2.45) is 0 Å². The molecule has 2 heterocycles. The Labute approximate surface area is 99.5 Å². The zero-order valence-corrected chi connectivity index (χ0v) is 11.2. The maximum absolute atomic E-state index is 5.97. The quantitative estimate of drug-likeness (QED) is 0.779. The Kier molecular flexibility index (Phi) is 3.30. The highest BCUT2D eigenvalue weighted by Gasteiger charge is 2.42.